The summed E-state index contributed by atoms with van der Waals surface area (Å²) in [6.45, 7) is 3.58. The van der Waals surface area contributed by atoms with Gasteiger partial charge in [-0.25, -0.2) is 0 Å². The van der Waals surface area contributed by atoms with E-state index < -0.39 is 24.2 Å². The number of hydrogen-bond acceptors (Lipinski definition) is 9. The van der Waals surface area contributed by atoms with Crippen molar-refractivity contribution in [2.45, 2.75) is 45.1 Å². The molecule has 4 rings (SSSR count). The van der Waals surface area contributed by atoms with Crippen molar-refractivity contribution >= 4 is 40.7 Å². The van der Waals surface area contributed by atoms with Crippen molar-refractivity contribution in [2.24, 2.45) is 0 Å². The molecular formula is C30H33IN2O9. The van der Waals surface area contributed by atoms with Crippen LogP contribution in [-0.4, -0.2) is 78.5 Å². The second-order valence-corrected chi connectivity index (χ2v) is 11.2. The minimum atomic E-state index is -1.26. The average molecular weight is 693 g/mol. The molecule has 224 valence electrons. The Hall–Kier alpha value is -3.62. The van der Waals surface area contributed by atoms with E-state index in [1.165, 1.54) is 30.2 Å². The highest BCUT2D eigenvalue weighted by Gasteiger charge is 2.41. The van der Waals surface area contributed by atoms with Gasteiger partial charge in [-0.15, -0.1) is 0 Å². The van der Waals surface area contributed by atoms with Gasteiger partial charge < -0.3 is 39.4 Å². The Balaban J connectivity index is 1.74. The molecule has 3 atom stereocenters. The van der Waals surface area contributed by atoms with Crippen molar-refractivity contribution < 1.29 is 43.5 Å². The van der Waals surface area contributed by atoms with E-state index in [0.29, 0.717) is 26.9 Å². The molecule has 2 aromatic carbocycles. The number of rotatable bonds is 11. The summed E-state index contributed by atoms with van der Waals surface area (Å²) in [5.74, 6) is 0.896. The topological polar surface area (TPSA) is 144 Å². The van der Waals surface area contributed by atoms with Gasteiger partial charge in [0.25, 0.3) is 0 Å². The van der Waals surface area contributed by atoms with E-state index in [1.54, 1.807) is 32.0 Å². The first-order valence-electron chi connectivity index (χ1n) is 13.3. The van der Waals surface area contributed by atoms with Crippen LogP contribution in [0, 0.1) is 3.57 Å². The second-order valence-electron chi connectivity index (χ2n) is 10.0. The first-order chi connectivity index (χ1) is 20.1. The average Bonchev–Trinajstić information content (AvgIpc) is 3.44. The largest absolute Gasteiger partial charge is 0.493 e. The summed E-state index contributed by atoms with van der Waals surface area (Å²) in [4.78, 5) is 39.6. The first-order valence-corrected chi connectivity index (χ1v) is 14.3. The fourth-order valence-corrected chi connectivity index (χ4v) is 5.51. The Bertz CT molecular complexity index is 1400. The van der Waals surface area contributed by atoms with Crippen LogP contribution in [0.25, 0.3) is 0 Å². The SMILES string of the molecule is COc1cc(C=O)cc(I)c1OC1C=C(C(=O)NCCO)CC(N(Cc2ccc3c(c2)OCO3)C(=O)C=C(C)C)C1O. The maximum absolute atomic E-state index is 13.6. The van der Waals surface area contributed by atoms with Gasteiger partial charge in [0, 0.05) is 36.7 Å². The number of nitrogens with zero attached hydrogens (tertiary/aromatic N) is 1. The van der Waals surface area contributed by atoms with Gasteiger partial charge in [0.15, 0.2) is 23.0 Å². The Labute approximate surface area is 257 Å². The van der Waals surface area contributed by atoms with Crippen LogP contribution >= 0.6 is 22.6 Å². The Morgan fingerprint density at radius 3 is 2.64 bits per heavy atom. The zero-order chi connectivity index (χ0) is 30.4. The van der Waals surface area contributed by atoms with Crippen LogP contribution in [0.5, 0.6) is 23.0 Å². The summed E-state index contributed by atoms with van der Waals surface area (Å²) in [7, 11) is 1.43. The third kappa shape index (κ3) is 7.23. The summed E-state index contributed by atoms with van der Waals surface area (Å²) >= 11 is 2.00. The Kier molecular flexibility index (Phi) is 10.5. The fraction of sp³-hybridized carbons (Fsp3) is 0.367. The highest BCUT2D eigenvalue weighted by molar-refractivity contribution is 14.1. The third-order valence-corrected chi connectivity index (χ3v) is 7.54. The zero-order valence-electron chi connectivity index (χ0n) is 23.5. The molecule has 3 unspecified atom stereocenters. The number of nitrogens with one attached hydrogen (secondary N) is 1. The first kappa shape index (κ1) is 31.3. The molecule has 1 aliphatic heterocycles. The molecule has 11 nitrogen and oxygen atoms in total. The molecule has 42 heavy (non-hydrogen) atoms. The number of carbonyl (C=O) groups is 3. The molecule has 12 heteroatoms. The maximum atomic E-state index is 13.6. The van der Waals surface area contributed by atoms with Gasteiger partial charge in [0.2, 0.25) is 18.6 Å². The van der Waals surface area contributed by atoms with Crippen molar-refractivity contribution in [3.05, 3.63) is 68.3 Å². The van der Waals surface area contributed by atoms with Crippen molar-refractivity contribution in [1.29, 1.82) is 0 Å². The fourth-order valence-electron chi connectivity index (χ4n) is 4.76. The third-order valence-electron chi connectivity index (χ3n) is 6.74. The number of hydrogen-bond donors (Lipinski definition) is 3. The molecule has 0 saturated heterocycles. The molecule has 2 amide bonds. The van der Waals surface area contributed by atoms with E-state index in [2.05, 4.69) is 5.32 Å². The normalized spacial score (nSPS) is 18.9. The van der Waals surface area contributed by atoms with Crippen LogP contribution in [0.2, 0.25) is 0 Å². The van der Waals surface area contributed by atoms with Crippen LogP contribution in [0.1, 0.15) is 36.2 Å². The monoisotopic (exact) mass is 692 g/mol. The molecule has 0 aromatic heterocycles. The molecule has 1 aliphatic carbocycles. The molecular weight excluding hydrogens is 659 g/mol. The lowest BCUT2D eigenvalue weighted by Gasteiger charge is -2.40. The zero-order valence-corrected chi connectivity index (χ0v) is 25.6. The van der Waals surface area contributed by atoms with Crippen LogP contribution in [0.4, 0.5) is 0 Å². The van der Waals surface area contributed by atoms with Gasteiger partial charge in [-0.1, -0.05) is 11.6 Å². The number of ether oxygens (including phenoxy) is 4. The summed E-state index contributed by atoms with van der Waals surface area (Å²) in [6, 6.07) is 7.60. The van der Waals surface area contributed by atoms with Crippen molar-refractivity contribution in [1.82, 2.24) is 10.2 Å². The van der Waals surface area contributed by atoms with Crippen LogP contribution in [-0.2, 0) is 16.1 Å². The minimum Gasteiger partial charge on any atom is -0.493 e. The van der Waals surface area contributed by atoms with E-state index in [0.717, 1.165) is 11.1 Å². The van der Waals surface area contributed by atoms with Gasteiger partial charge >= 0.3 is 0 Å². The smallest absolute Gasteiger partial charge is 0.247 e. The van der Waals surface area contributed by atoms with Crippen LogP contribution < -0.4 is 24.3 Å². The highest BCUT2D eigenvalue weighted by atomic mass is 127. The lowest BCUT2D eigenvalue weighted by Crippen LogP contribution is -2.54. The Morgan fingerprint density at radius 2 is 1.95 bits per heavy atom. The number of carbonyl (C=O) groups excluding carboxylic acids is 3. The van der Waals surface area contributed by atoms with Gasteiger partial charge in [0.1, 0.15) is 18.5 Å². The van der Waals surface area contributed by atoms with Crippen molar-refractivity contribution in [3.63, 3.8) is 0 Å². The molecule has 1 heterocycles. The quantitative estimate of drug-likeness (QED) is 0.184. The van der Waals surface area contributed by atoms with E-state index in [9.17, 15) is 24.6 Å². The number of amides is 2. The molecule has 0 saturated carbocycles. The molecule has 0 spiro atoms. The number of benzene rings is 2. The number of fused-ring (bicyclic) bond motifs is 1. The highest BCUT2D eigenvalue weighted by Crippen LogP contribution is 2.38. The lowest BCUT2D eigenvalue weighted by atomic mass is 9.87. The van der Waals surface area contributed by atoms with E-state index >= 15 is 0 Å². The van der Waals surface area contributed by atoms with E-state index in [1.807, 2.05) is 28.7 Å². The lowest BCUT2D eigenvalue weighted by molar-refractivity contribution is -0.134. The van der Waals surface area contributed by atoms with Crippen LogP contribution in [0.15, 0.2) is 53.6 Å². The number of aldehydes is 1. The maximum Gasteiger partial charge on any atom is 0.247 e. The molecule has 3 N–H and O–H groups in total. The van der Waals surface area contributed by atoms with E-state index in [-0.39, 0.29) is 55.9 Å². The standard InChI is InChI=1S/C30H33IN2O9/c1-17(2)8-27(36)33(14-18-4-5-23-24(10-18)41-16-40-23)22-12-20(30(38)32-6-7-34)13-25(28(22)37)42-29-21(31)9-19(15-35)11-26(29)39-3/h4-5,8-11,13,15,22,25,28,34,37H,6-7,12,14,16H2,1-3H3,(H,32,38). The molecule has 0 fully saturated rings. The van der Waals surface area contributed by atoms with Gasteiger partial charge in [0.05, 0.1) is 23.3 Å². The van der Waals surface area contributed by atoms with Gasteiger partial charge in [-0.05, 0) is 72.3 Å². The van der Waals surface area contributed by atoms with Crippen molar-refractivity contribution in [2.75, 3.05) is 27.1 Å². The summed E-state index contributed by atoms with van der Waals surface area (Å²) in [5.41, 5.74) is 2.16. The number of allylic oxidation sites excluding steroid dienone is 1. The van der Waals surface area contributed by atoms with E-state index in [4.69, 9.17) is 18.9 Å². The molecule has 0 radical (unpaired) electrons. The summed E-state index contributed by atoms with van der Waals surface area (Å²) in [5, 5.41) is 23.6. The second kappa shape index (κ2) is 14.0. The molecule has 2 aliphatic rings. The summed E-state index contributed by atoms with van der Waals surface area (Å²) in [6.07, 6.45) is 1.39. The van der Waals surface area contributed by atoms with Gasteiger partial charge in [-0.2, -0.15) is 0 Å². The predicted molar refractivity (Wildman–Crippen MR) is 161 cm³/mol. The number of aliphatic hydroxyl groups is 2. The Morgan fingerprint density at radius 1 is 1.19 bits per heavy atom. The predicted octanol–water partition coefficient (Wildman–Crippen LogP) is 2.75. The minimum absolute atomic E-state index is 0.0312. The number of methoxy groups -OCH3 is 1. The van der Waals surface area contributed by atoms with Crippen molar-refractivity contribution in [3.8, 4) is 23.0 Å². The summed E-state index contributed by atoms with van der Waals surface area (Å²) < 4.78 is 23.2. The molecule has 0 bridgehead atoms. The number of halogens is 1. The van der Waals surface area contributed by atoms with Gasteiger partial charge in [-0.3, -0.25) is 14.4 Å². The molecule has 2 aromatic rings. The van der Waals surface area contributed by atoms with Crippen LogP contribution in [0.3, 0.4) is 0 Å². The number of aliphatic hydroxyl groups excluding tert-OH is 2.